The Morgan fingerprint density at radius 3 is 2.81 bits per heavy atom. The predicted octanol–water partition coefficient (Wildman–Crippen LogP) is -0.802. The molecule has 0 saturated carbocycles. The van der Waals surface area contributed by atoms with E-state index in [-0.39, 0.29) is 12.3 Å². The van der Waals surface area contributed by atoms with Gasteiger partial charge >= 0.3 is 6.03 Å². The largest absolute Gasteiger partial charge is 0.327 e. The van der Waals surface area contributed by atoms with Crippen molar-refractivity contribution in [1.29, 1.82) is 0 Å². The van der Waals surface area contributed by atoms with Gasteiger partial charge in [-0.15, -0.1) is 0 Å². The van der Waals surface area contributed by atoms with Crippen molar-refractivity contribution >= 4 is 17.8 Å². The molecule has 0 aliphatic carbocycles. The Morgan fingerprint density at radius 1 is 1.56 bits per heavy atom. The molecule has 3 amide bonds. The Balaban J connectivity index is 2.04. The fraction of sp³-hybridized carbons (Fsp3) is 0.333. The number of likely N-dealkylation sites (N-methyl/N-ethyl adjacent to an activating group) is 1. The van der Waals surface area contributed by atoms with Gasteiger partial charge in [0.1, 0.15) is 12.4 Å². The van der Waals surface area contributed by atoms with E-state index in [9.17, 15) is 14.4 Å². The number of imide groups is 1. The van der Waals surface area contributed by atoms with Crippen LogP contribution in [0.3, 0.4) is 0 Å². The lowest BCUT2D eigenvalue weighted by Crippen LogP contribution is -2.42. The van der Waals surface area contributed by atoms with E-state index in [0.29, 0.717) is 0 Å². The smallest absolute Gasteiger partial charge is 0.325 e. The molecular formula is C9H10N4O3. The maximum absolute atomic E-state index is 11.6. The number of rotatable bonds is 1. The summed E-state index contributed by atoms with van der Waals surface area (Å²) in [6, 6.07) is -1.24. The quantitative estimate of drug-likeness (QED) is 0.630. The van der Waals surface area contributed by atoms with Crippen LogP contribution in [0.2, 0.25) is 0 Å². The Bertz CT molecular complexity index is 440. The minimum atomic E-state index is -0.771. The molecule has 1 aliphatic heterocycles. The second-order valence-corrected chi connectivity index (χ2v) is 3.47. The Hall–Kier alpha value is -2.18. The lowest BCUT2D eigenvalue weighted by Gasteiger charge is -2.10. The summed E-state index contributed by atoms with van der Waals surface area (Å²) in [6.07, 6.45) is 4.24. The molecule has 0 radical (unpaired) electrons. The van der Waals surface area contributed by atoms with Gasteiger partial charge in [0.15, 0.2) is 0 Å². The zero-order valence-electron chi connectivity index (χ0n) is 8.58. The second-order valence-electron chi connectivity index (χ2n) is 3.47. The number of carbonyl (C=O) groups excluding carboxylic acids is 3. The van der Waals surface area contributed by atoms with Crippen LogP contribution in [0, 0.1) is 0 Å². The van der Waals surface area contributed by atoms with Crippen molar-refractivity contribution in [2.75, 3.05) is 7.05 Å². The predicted molar refractivity (Wildman–Crippen MR) is 52.3 cm³/mol. The maximum atomic E-state index is 11.6. The number of nitrogens with one attached hydrogen (secondary N) is 1. The van der Waals surface area contributed by atoms with Crippen molar-refractivity contribution in [1.82, 2.24) is 19.8 Å². The number of hydrogen-bond donors (Lipinski definition) is 1. The molecule has 7 nitrogen and oxygen atoms in total. The van der Waals surface area contributed by atoms with E-state index in [4.69, 9.17) is 0 Å². The normalized spacial score (nSPS) is 20.3. The highest BCUT2D eigenvalue weighted by Gasteiger charge is 2.37. The van der Waals surface area contributed by atoms with E-state index in [1.54, 1.807) is 0 Å². The summed E-state index contributed by atoms with van der Waals surface area (Å²) in [6.45, 7) is 0. The molecule has 1 aromatic rings. The van der Waals surface area contributed by atoms with Crippen molar-refractivity contribution in [3.8, 4) is 0 Å². The Labute approximate surface area is 91.0 Å². The van der Waals surface area contributed by atoms with Gasteiger partial charge in [0.25, 0.3) is 5.91 Å². The van der Waals surface area contributed by atoms with Crippen molar-refractivity contribution in [3.63, 3.8) is 0 Å². The standard InChI is InChI=1S/C9H10N4O3/c1-12-7(14)4-6(8(12)15)11-9(16)13-3-2-10-5-13/h2-3,5-6H,4H2,1H3,(H,11,16). The summed E-state index contributed by atoms with van der Waals surface area (Å²) in [5.41, 5.74) is 0. The molecule has 2 rings (SSSR count). The zero-order valence-corrected chi connectivity index (χ0v) is 8.58. The van der Waals surface area contributed by atoms with Gasteiger partial charge < -0.3 is 5.32 Å². The third-order valence-corrected chi connectivity index (χ3v) is 2.42. The van der Waals surface area contributed by atoms with Crippen LogP contribution in [0.1, 0.15) is 6.42 Å². The van der Waals surface area contributed by atoms with Gasteiger partial charge in [-0.25, -0.2) is 9.78 Å². The van der Waals surface area contributed by atoms with Crippen molar-refractivity contribution in [2.24, 2.45) is 0 Å². The SMILES string of the molecule is CN1C(=O)CC(NC(=O)n2ccnc2)C1=O. The van der Waals surface area contributed by atoms with Gasteiger partial charge in [-0.1, -0.05) is 0 Å². The molecule has 1 unspecified atom stereocenters. The number of nitrogens with zero attached hydrogens (tertiary/aromatic N) is 3. The van der Waals surface area contributed by atoms with Crippen LogP contribution in [0.5, 0.6) is 0 Å². The van der Waals surface area contributed by atoms with Crippen LogP contribution in [0.25, 0.3) is 0 Å². The fourth-order valence-electron chi connectivity index (χ4n) is 1.47. The van der Waals surface area contributed by atoms with Crippen LogP contribution < -0.4 is 5.32 Å². The number of aromatic nitrogens is 2. The molecule has 1 aromatic heterocycles. The molecule has 7 heteroatoms. The van der Waals surface area contributed by atoms with Gasteiger partial charge in [-0.3, -0.25) is 19.1 Å². The third kappa shape index (κ3) is 1.67. The van der Waals surface area contributed by atoms with Gasteiger partial charge in [0.2, 0.25) is 5.91 Å². The first kappa shape index (κ1) is 10.3. The average Bonchev–Trinajstić information content (AvgIpc) is 2.85. The van der Waals surface area contributed by atoms with Gasteiger partial charge in [-0.2, -0.15) is 0 Å². The summed E-state index contributed by atoms with van der Waals surface area (Å²) >= 11 is 0. The fourth-order valence-corrected chi connectivity index (χ4v) is 1.47. The Kier molecular flexibility index (Phi) is 2.43. The number of amides is 3. The molecule has 2 heterocycles. The summed E-state index contributed by atoms with van der Waals surface area (Å²) in [7, 11) is 1.40. The van der Waals surface area contributed by atoms with E-state index in [1.807, 2.05) is 0 Å². The van der Waals surface area contributed by atoms with Gasteiger partial charge in [-0.05, 0) is 0 Å². The molecule has 84 valence electrons. The topological polar surface area (TPSA) is 84.3 Å². The molecule has 1 N–H and O–H groups in total. The first-order valence-corrected chi connectivity index (χ1v) is 4.69. The molecule has 1 atom stereocenters. The second kappa shape index (κ2) is 3.76. The number of carbonyl (C=O) groups is 3. The Morgan fingerprint density at radius 2 is 2.31 bits per heavy atom. The van der Waals surface area contributed by atoms with E-state index >= 15 is 0 Å². The van der Waals surface area contributed by atoms with Crippen LogP contribution >= 0.6 is 0 Å². The lowest BCUT2D eigenvalue weighted by atomic mass is 10.2. The molecule has 1 saturated heterocycles. The molecule has 16 heavy (non-hydrogen) atoms. The minimum absolute atomic E-state index is 0.00969. The molecular weight excluding hydrogens is 212 g/mol. The monoisotopic (exact) mass is 222 g/mol. The van der Waals surface area contributed by atoms with Crippen molar-refractivity contribution < 1.29 is 14.4 Å². The lowest BCUT2D eigenvalue weighted by molar-refractivity contribution is -0.137. The van der Waals surface area contributed by atoms with E-state index in [2.05, 4.69) is 10.3 Å². The zero-order chi connectivity index (χ0) is 11.7. The van der Waals surface area contributed by atoms with Crippen molar-refractivity contribution in [2.45, 2.75) is 12.5 Å². The maximum Gasteiger partial charge on any atom is 0.327 e. The molecule has 0 bridgehead atoms. The van der Waals surface area contributed by atoms with Gasteiger partial charge in [0.05, 0.1) is 6.42 Å². The first-order valence-electron chi connectivity index (χ1n) is 4.69. The summed E-state index contributed by atoms with van der Waals surface area (Å²) in [5.74, 6) is -0.681. The summed E-state index contributed by atoms with van der Waals surface area (Å²) < 4.78 is 1.20. The minimum Gasteiger partial charge on any atom is -0.325 e. The van der Waals surface area contributed by atoms with Crippen LogP contribution in [0.4, 0.5) is 4.79 Å². The highest BCUT2D eigenvalue weighted by atomic mass is 16.2. The van der Waals surface area contributed by atoms with E-state index in [1.165, 1.54) is 30.3 Å². The highest BCUT2D eigenvalue weighted by molar-refractivity contribution is 6.06. The summed E-state index contributed by atoms with van der Waals surface area (Å²) in [4.78, 5) is 39.0. The summed E-state index contributed by atoms with van der Waals surface area (Å²) in [5, 5.41) is 2.46. The van der Waals surface area contributed by atoms with Crippen LogP contribution in [0.15, 0.2) is 18.7 Å². The average molecular weight is 222 g/mol. The number of imidazole rings is 1. The molecule has 0 spiro atoms. The number of hydrogen-bond acceptors (Lipinski definition) is 4. The molecule has 1 aliphatic rings. The van der Waals surface area contributed by atoms with Crippen LogP contribution in [-0.2, 0) is 9.59 Å². The van der Waals surface area contributed by atoms with Crippen LogP contribution in [-0.4, -0.2) is 45.4 Å². The molecule has 1 fully saturated rings. The first-order chi connectivity index (χ1) is 7.59. The number of likely N-dealkylation sites (tertiary alicyclic amines) is 1. The van der Waals surface area contributed by atoms with E-state index in [0.717, 1.165) is 4.90 Å². The van der Waals surface area contributed by atoms with Gasteiger partial charge in [0, 0.05) is 19.4 Å². The molecule has 0 aromatic carbocycles. The highest BCUT2D eigenvalue weighted by Crippen LogP contribution is 2.10. The van der Waals surface area contributed by atoms with Crippen molar-refractivity contribution in [3.05, 3.63) is 18.7 Å². The third-order valence-electron chi connectivity index (χ3n) is 2.42. The van der Waals surface area contributed by atoms with E-state index < -0.39 is 18.0 Å².